The highest BCUT2D eigenvalue weighted by Crippen LogP contribution is 2.30. The number of carbonyl (C=O) groups excluding carboxylic acids is 1. The number of alkyl halides is 2. The first kappa shape index (κ1) is 17.3. The lowest BCUT2D eigenvalue weighted by atomic mass is 10.2. The number of esters is 1. The summed E-state index contributed by atoms with van der Waals surface area (Å²) in [4.78, 5) is 11.9. The van der Waals surface area contributed by atoms with Gasteiger partial charge in [0.05, 0.1) is 7.11 Å². The Morgan fingerprint density at radius 1 is 1.12 bits per heavy atom. The lowest BCUT2D eigenvalue weighted by molar-refractivity contribution is -0.0512. The van der Waals surface area contributed by atoms with Crippen molar-refractivity contribution in [1.82, 2.24) is 0 Å². The minimum absolute atomic E-state index is 0.0660. The summed E-state index contributed by atoms with van der Waals surface area (Å²) < 4.78 is 38.8. The van der Waals surface area contributed by atoms with Gasteiger partial charge in [-0.2, -0.15) is 8.78 Å². The number of methoxy groups -OCH3 is 1. The van der Waals surface area contributed by atoms with Crippen molar-refractivity contribution in [3.05, 3.63) is 47.5 Å². The van der Waals surface area contributed by atoms with Gasteiger partial charge in [-0.25, -0.2) is 4.79 Å². The zero-order chi connectivity index (χ0) is 17.7. The molecule has 8 heteroatoms. The van der Waals surface area contributed by atoms with E-state index in [-0.39, 0.29) is 29.4 Å². The van der Waals surface area contributed by atoms with Crippen molar-refractivity contribution in [2.45, 2.75) is 13.2 Å². The van der Waals surface area contributed by atoms with Gasteiger partial charge in [-0.1, -0.05) is 6.07 Å². The van der Waals surface area contributed by atoms with Crippen LogP contribution in [-0.4, -0.2) is 29.9 Å². The molecule has 0 aromatic heterocycles. The average molecular weight is 340 g/mol. The fourth-order valence-electron chi connectivity index (χ4n) is 1.91. The minimum Gasteiger partial charge on any atom is -0.508 e. The lowest BCUT2D eigenvalue weighted by Crippen LogP contribution is -2.06. The van der Waals surface area contributed by atoms with Gasteiger partial charge in [0.2, 0.25) is 0 Å². The number of aromatic hydroxyl groups is 2. The van der Waals surface area contributed by atoms with E-state index in [0.717, 1.165) is 6.07 Å². The van der Waals surface area contributed by atoms with Crippen molar-refractivity contribution in [1.29, 1.82) is 0 Å². The molecular formula is C16H14F2O6. The summed E-state index contributed by atoms with van der Waals surface area (Å²) in [6, 6.07) is 7.55. The van der Waals surface area contributed by atoms with Crippen LogP contribution >= 0.6 is 0 Å². The fourth-order valence-corrected chi connectivity index (χ4v) is 1.91. The number of hydrogen-bond acceptors (Lipinski definition) is 6. The zero-order valence-electron chi connectivity index (χ0n) is 12.5. The molecule has 2 aromatic carbocycles. The van der Waals surface area contributed by atoms with Gasteiger partial charge in [0.15, 0.2) is 11.5 Å². The molecule has 0 aliphatic rings. The summed E-state index contributed by atoms with van der Waals surface area (Å²) in [5.74, 6) is -1.49. The van der Waals surface area contributed by atoms with Gasteiger partial charge < -0.3 is 24.4 Å². The van der Waals surface area contributed by atoms with E-state index in [1.165, 1.54) is 37.4 Å². The number of rotatable bonds is 6. The molecule has 6 nitrogen and oxygen atoms in total. The van der Waals surface area contributed by atoms with E-state index in [1.54, 1.807) is 0 Å². The molecule has 2 aromatic rings. The van der Waals surface area contributed by atoms with Crippen LogP contribution in [0.5, 0.6) is 23.0 Å². The van der Waals surface area contributed by atoms with Crippen LogP contribution in [-0.2, 0) is 11.3 Å². The predicted octanol–water partition coefficient (Wildman–Crippen LogP) is 3.06. The smallest absolute Gasteiger partial charge is 0.387 e. The van der Waals surface area contributed by atoms with E-state index in [1.807, 2.05) is 0 Å². The van der Waals surface area contributed by atoms with E-state index in [0.29, 0.717) is 5.56 Å². The Morgan fingerprint density at radius 2 is 1.88 bits per heavy atom. The highest BCUT2D eigenvalue weighted by atomic mass is 19.3. The number of phenols is 2. The van der Waals surface area contributed by atoms with Crippen LogP contribution in [0.25, 0.3) is 0 Å². The Kier molecular flexibility index (Phi) is 5.41. The standard InChI is InChI=1S/C16H14F2O6/c1-22-14-6-9(2-5-13(14)24-16(17)18)8-23-15(21)11-4-3-10(19)7-12(11)20/h2-7,16,19-20H,8H2,1H3. The molecule has 0 aliphatic heterocycles. The fraction of sp³-hybridized carbons (Fsp3) is 0.188. The van der Waals surface area contributed by atoms with Crippen molar-refractivity contribution < 1.29 is 38.0 Å². The number of phenolic OH excluding ortho intramolecular Hbond substituents is 2. The van der Waals surface area contributed by atoms with Gasteiger partial charge in [0, 0.05) is 6.07 Å². The van der Waals surface area contributed by atoms with Crippen molar-refractivity contribution in [2.24, 2.45) is 0 Å². The topological polar surface area (TPSA) is 85.2 Å². The van der Waals surface area contributed by atoms with Crippen LogP contribution in [0.3, 0.4) is 0 Å². The first-order chi connectivity index (χ1) is 11.4. The highest BCUT2D eigenvalue weighted by Gasteiger charge is 2.15. The van der Waals surface area contributed by atoms with E-state index in [9.17, 15) is 23.8 Å². The van der Waals surface area contributed by atoms with Gasteiger partial charge in [-0.15, -0.1) is 0 Å². The summed E-state index contributed by atoms with van der Waals surface area (Å²) in [6.07, 6.45) is 0. The normalized spacial score (nSPS) is 10.5. The van der Waals surface area contributed by atoms with E-state index >= 15 is 0 Å². The molecule has 0 atom stereocenters. The molecule has 0 amide bonds. The van der Waals surface area contributed by atoms with Crippen molar-refractivity contribution in [2.75, 3.05) is 7.11 Å². The van der Waals surface area contributed by atoms with Gasteiger partial charge in [-0.3, -0.25) is 0 Å². The summed E-state index contributed by atoms with van der Waals surface area (Å²) in [7, 11) is 1.29. The van der Waals surface area contributed by atoms with Crippen LogP contribution in [0.4, 0.5) is 8.78 Å². The van der Waals surface area contributed by atoms with Crippen LogP contribution in [0, 0.1) is 0 Å². The molecule has 0 spiro atoms. The van der Waals surface area contributed by atoms with E-state index in [4.69, 9.17) is 9.47 Å². The maximum Gasteiger partial charge on any atom is 0.387 e. The molecule has 0 unspecified atom stereocenters. The third-order valence-corrected chi connectivity index (χ3v) is 3.02. The molecule has 2 N–H and O–H groups in total. The number of hydrogen-bond donors (Lipinski definition) is 2. The third kappa shape index (κ3) is 4.25. The Balaban J connectivity index is 2.07. The van der Waals surface area contributed by atoms with Crippen LogP contribution < -0.4 is 9.47 Å². The lowest BCUT2D eigenvalue weighted by Gasteiger charge is -2.12. The number of ether oxygens (including phenoxy) is 3. The molecule has 0 saturated carbocycles. The van der Waals surface area contributed by atoms with Gasteiger partial charge >= 0.3 is 12.6 Å². The first-order valence-corrected chi connectivity index (χ1v) is 6.71. The van der Waals surface area contributed by atoms with Gasteiger partial charge in [0.25, 0.3) is 0 Å². The zero-order valence-corrected chi connectivity index (χ0v) is 12.5. The van der Waals surface area contributed by atoms with Crippen molar-refractivity contribution >= 4 is 5.97 Å². The first-order valence-electron chi connectivity index (χ1n) is 6.71. The number of halogens is 2. The molecule has 0 bridgehead atoms. The Bertz CT molecular complexity index is 733. The molecule has 0 fully saturated rings. The Hall–Kier alpha value is -3.03. The van der Waals surface area contributed by atoms with Crippen molar-refractivity contribution in [3.63, 3.8) is 0 Å². The van der Waals surface area contributed by atoms with Gasteiger partial charge in [0.1, 0.15) is 23.7 Å². The van der Waals surface area contributed by atoms with Crippen LogP contribution in [0.2, 0.25) is 0 Å². The third-order valence-electron chi connectivity index (χ3n) is 3.02. The van der Waals surface area contributed by atoms with Crippen LogP contribution in [0.1, 0.15) is 15.9 Å². The number of carbonyl (C=O) groups is 1. The quantitative estimate of drug-likeness (QED) is 0.786. The monoisotopic (exact) mass is 340 g/mol. The maximum atomic E-state index is 12.3. The largest absolute Gasteiger partial charge is 0.508 e. The molecular weight excluding hydrogens is 326 g/mol. The molecule has 0 heterocycles. The summed E-state index contributed by atoms with van der Waals surface area (Å²) in [5.41, 5.74) is 0.359. The van der Waals surface area contributed by atoms with Gasteiger partial charge in [-0.05, 0) is 29.8 Å². The second kappa shape index (κ2) is 7.49. The minimum atomic E-state index is -2.99. The Labute approximate surface area is 135 Å². The van der Waals surface area contributed by atoms with Crippen molar-refractivity contribution in [3.8, 4) is 23.0 Å². The second-order valence-corrected chi connectivity index (χ2v) is 4.64. The van der Waals surface area contributed by atoms with Crippen LogP contribution in [0.15, 0.2) is 36.4 Å². The maximum absolute atomic E-state index is 12.3. The van der Waals surface area contributed by atoms with E-state index < -0.39 is 18.3 Å². The predicted molar refractivity (Wildman–Crippen MR) is 78.5 cm³/mol. The molecule has 0 saturated heterocycles. The average Bonchev–Trinajstić information content (AvgIpc) is 2.53. The SMILES string of the molecule is COc1cc(COC(=O)c2ccc(O)cc2O)ccc1OC(F)F. The summed E-state index contributed by atoms with van der Waals surface area (Å²) >= 11 is 0. The second-order valence-electron chi connectivity index (χ2n) is 4.64. The Morgan fingerprint density at radius 3 is 2.50 bits per heavy atom. The molecule has 2 rings (SSSR count). The molecule has 0 aliphatic carbocycles. The molecule has 128 valence electrons. The number of benzene rings is 2. The summed E-state index contributed by atoms with van der Waals surface area (Å²) in [6.45, 7) is -3.16. The molecule has 0 radical (unpaired) electrons. The van der Waals surface area contributed by atoms with E-state index in [2.05, 4.69) is 4.74 Å². The summed E-state index contributed by atoms with van der Waals surface area (Å²) in [5, 5.41) is 18.8. The molecule has 24 heavy (non-hydrogen) atoms. The highest BCUT2D eigenvalue weighted by molar-refractivity contribution is 5.92.